The van der Waals surface area contributed by atoms with Crippen molar-refractivity contribution < 1.29 is 5.11 Å². The molecule has 3 N–H and O–H groups in total. The molecule has 0 amide bonds. The van der Waals surface area contributed by atoms with Gasteiger partial charge in [0.1, 0.15) is 5.75 Å². The Kier molecular flexibility index (Phi) is 2.97. The minimum absolute atomic E-state index is 0.0528. The zero-order valence-corrected chi connectivity index (χ0v) is 11.2. The van der Waals surface area contributed by atoms with E-state index in [4.69, 9.17) is 5.73 Å². The van der Waals surface area contributed by atoms with Gasteiger partial charge in [0.25, 0.3) is 0 Å². The predicted molar refractivity (Wildman–Crippen MR) is 69.9 cm³/mol. The van der Waals surface area contributed by atoms with Crippen molar-refractivity contribution in [3.63, 3.8) is 0 Å². The summed E-state index contributed by atoms with van der Waals surface area (Å²) < 4.78 is 0. The zero-order valence-electron chi connectivity index (χ0n) is 11.2. The molecule has 0 radical (unpaired) electrons. The van der Waals surface area contributed by atoms with Gasteiger partial charge in [-0.15, -0.1) is 0 Å². The van der Waals surface area contributed by atoms with Crippen LogP contribution in [-0.4, -0.2) is 5.11 Å². The summed E-state index contributed by atoms with van der Waals surface area (Å²) in [6.45, 7) is 12.6. The smallest absolute Gasteiger partial charge is 0.116 e. The van der Waals surface area contributed by atoms with Crippen molar-refractivity contribution in [3.8, 4) is 5.75 Å². The van der Waals surface area contributed by atoms with Gasteiger partial charge in [0.05, 0.1) is 0 Å². The summed E-state index contributed by atoms with van der Waals surface area (Å²) in [5.41, 5.74) is 8.93. The molecule has 1 rings (SSSR count). The number of nitrogen functional groups attached to an aromatic ring is 1. The number of hydrogen-bond donors (Lipinski definition) is 2. The second-order valence-corrected chi connectivity index (χ2v) is 6.45. The average molecular weight is 221 g/mol. The quantitative estimate of drug-likeness (QED) is 0.519. The van der Waals surface area contributed by atoms with Crippen molar-refractivity contribution in [2.45, 2.75) is 52.4 Å². The fourth-order valence-corrected chi connectivity index (χ4v) is 1.88. The van der Waals surface area contributed by atoms with E-state index in [1.165, 1.54) is 0 Å². The Morgan fingerprint density at radius 1 is 0.875 bits per heavy atom. The molecule has 0 aliphatic carbocycles. The lowest BCUT2D eigenvalue weighted by Gasteiger charge is -2.28. The highest BCUT2D eigenvalue weighted by Gasteiger charge is 2.24. The maximum atomic E-state index is 9.79. The van der Waals surface area contributed by atoms with Gasteiger partial charge < -0.3 is 10.8 Å². The summed E-state index contributed by atoms with van der Waals surface area (Å²) >= 11 is 0. The van der Waals surface area contributed by atoms with Gasteiger partial charge in [-0.3, -0.25) is 0 Å². The lowest BCUT2D eigenvalue weighted by atomic mass is 9.79. The van der Waals surface area contributed by atoms with Gasteiger partial charge >= 0.3 is 0 Å². The van der Waals surface area contributed by atoms with E-state index in [1.54, 1.807) is 12.1 Å². The summed E-state index contributed by atoms with van der Waals surface area (Å²) in [6.07, 6.45) is 0. The third-order valence-electron chi connectivity index (χ3n) is 2.78. The SMILES string of the molecule is CC(C)(C)c1cc(O)cc(C(C)(C)C)c1N. The molecule has 1 aromatic carbocycles. The van der Waals surface area contributed by atoms with Crippen molar-refractivity contribution in [1.29, 1.82) is 0 Å². The monoisotopic (exact) mass is 221 g/mol. The van der Waals surface area contributed by atoms with E-state index in [-0.39, 0.29) is 10.8 Å². The van der Waals surface area contributed by atoms with Crippen molar-refractivity contribution in [2.24, 2.45) is 0 Å². The van der Waals surface area contributed by atoms with Crippen LogP contribution in [0.15, 0.2) is 12.1 Å². The first-order chi connectivity index (χ1) is 7.03. The normalized spacial score (nSPS) is 12.9. The number of aromatic hydroxyl groups is 1. The van der Waals surface area contributed by atoms with Gasteiger partial charge in [-0.25, -0.2) is 0 Å². The summed E-state index contributed by atoms with van der Waals surface area (Å²) in [5.74, 6) is 0.295. The molecule has 1 aromatic rings. The van der Waals surface area contributed by atoms with E-state index in [0.717, 1.165) is 16.8 Å². The van der Waals surface area contributed by atoms with E-state index >= 15 is 0 Å². The number of hydrogen-bond acceptors (Lipinski definition) is 2. The lowest BCUT2D eigenvalue weighted by Crippen LogP contribution is -2.20. The molecule has 0 aromatic heterocycles. The zero-order chi connectivity index (χ0) is 12.7. The minimum Gasteiger partial charge on any atom is -0.508 e. The van der Waals surface area contributed by atoms with Gasteiger partial charge in [0.15, 0.2) is 0 Å². The Morgan fingerprint density at radius 2 is 1.19 bits per heavy atom. The van der Waals surface area contributed by atoms with Crippen LogP contribution in [0.4, 0.5) is 5.69 Å². The predicted octanol–water partition coefficient (Wildman–Crippen LogP) is 3.57. The highest BCUT2D eigenvalue weighted by molar-refractivity contribution is 5.61. The highest BCUT2D eigenvalue weighted by Crippen LogP contribution is 2.38. The topological polar surface area (TPSA) is 46.2 Å². The second kappa shape index (κ2) is 3.69. The van der Waals surface area contributed by atoms with Gasteiger partial charge in [0.2, 0.25) is 0 Å². The van der Waals surface area contributed by atoms with Crippen LogP contribution < -0.4 is 5.73 Å². The van der Waals surface area contributed by atoms with Crippen LogP contribution >= 0.6 is 0 Å². The number of phenols is 1. The molecule has 0 fully saturated rings. The lowest BCUT2D eigenvalue weighted by molar-refractivity contribution is 0.466. The van der Waals surface area contributed by atoms with Crippen molar-refractivity contribution in [1.82, 2.24) is 0 Å². The maximum absolute atomic E-state index is 9.79. The average Bonchev–Trinajstić information content (AvgIpc) is 2.04. The molecule has 2 nitrogen and oxygen atoms in total. The van der Waals surface area contributed by atoms with Crippen molar-refractivity contribution in [2.75, 3.05) is 5.73 Å². The molecule has 0 saturated carbocycles. The Hall–Kier alpha value is -1.18. The van der Waals surface area contributed by atoms with Crippen molar-refractivity contribution in [3.05, 3.63) is 23.3 Å². The summed E-state index contributed by atoms with van der Waals surface area (Å²) in [5, 5.41) is 9.79. The summed E-state index contributed by atoms with van der Waals surface area (Å²) in [6, 6.07) is 3.54. The maximum Gasteiger partial charge on any atom is 0.116 e. The summed E-state index contributed by atoms with van der Waals surface area (Å²) in [7, 11) is 0. The fraction of sp³-hybridized carbons (Fsp3) is 0.571. The van der Waals surface area contributed by atoms with Crippen molar-refractivity contribution >= 4 is 5.69 Å². The Labute approximate surface area is 98.5 Å². The molecule has 0 spiro atoms. The third kappa shape index (κ3) is 2.49. The van der Waals surface area contributed by atoms with Crippen LogP contribution in [0.2, 0.25) is 0 Å². The van der Waals surface area contributed by atoms with E-state index in [2.05, 4.69) is 41.5 Å². The van der Waals surface area contributed by atoms with Gasteiger partial charge in [-0.1, -0.05) is 41.5 Å². The van der Waals surface area contributed by atoms with E-state index in [1.807, 2.05) is 0 Å². The molecule has 0 unspecified atom stereocenters. The van der Waals surface area contributed by atoms with Crippen LogP contribution in [0.1, 0.15) is 52.7 Å². The molecular weight excluding hydrogens is 198 g/mol. The first kappa shape index (κ1) is 12.9. The van der Waals surface area contributed by atoms with Gasteiger partial charge in [0, 0.05) is 5.69 Å². The van der Waals surface area contributed by atoms with Crippen LogP contribution in [0, 0.1) is 0 Å². The number of phenolic OH excluding ortho intramolecular Hbond substituents is 1. The third-order valence-corrected chi connectivity index (χ3v) is 2.78. The molecule has 0 bridgehead atoms. The minimum atomic E-state index is -0.0528. The van der Waals surface area contributed by atoms with Crippen LogP contribution in [0.3, 0.4) is 0 Å². The van der Waals surface area contributed by atoms with E-state index in [0.29, 0.717) is 5.75 Å². The number of anilines is 1. The molecule has 0 aliphatic heterocycles. The van der Waals surface area contributed by atoms with E-state index < -0.39 is 0 Å². The van der Waals surface area contributed by atoms with Gasteiger partial charge in [-0.05, 0) is 34.1 Å². The molecule has 0 saturated heterocycles. The molecule has 0 aliphatic rings. The first-order valence-electron chi connectivity index (χ1n) is 5.67. The standard InChI is InChI=1S/C14H23NO/c1-13(2,3)10-7-9(16)8-11(12(10)15)14(4,5)6/h7-8,16H,15H2,1-6H3. The molecule has 0 heterocycles. The van der Waals surface area contributed by atoms with Crippen LogP contribution in [0.5, 0.6) is 5.75 Å². The fourth-order valence-electron chi connectivity index (χ4n) is 1.88. The molecule has 0 atom stereocenters. The van der Waals surface area contributed by atoms with E-state index in [9.17, 15) is 5.11 Å². The Balaban J connectivity index is 3.51. The first-order valence-corrected chi connectivity index (χ1v) is 5.67. The second-order valence-electron chi connectivity index (χ2n) is 6.45. The van der Waals surface area contributed by atoms with Gasteiger partial charge in [-0.2, -0.15) is 0 Å². The summed E-state index contributed by atoms with van der Waals surface area (Å²) in [4.78, 5) is 0. The number of benzene rings is 1. The Morgan fingerprint density at radius 3 is 1.44 bits per heavy atom. The Bertz CT molecular complexity index is 359. The highest BCUT2D eigenvalue weighted by atomic mass is 16.3. The molecular formula is C14H23NO. The molecule has 16 heavy (non-hydrogen) atoms. The van der Waals surface area contributed by atoms with Crippen LogP contribution in [-0.2, 0) is 10.8 Å². The molecule has 2 heteroatoms. The number of rotatable bonds is 0. The molecule has 90 valence electrons. The largest absolute Gasteiger partial charge is 0.508 e. The van der Waals surface area contributed by atoms with Crippen LogP contribution in [0.25, 0.3) is 0 Å². The number of nitrogens with two attached hydrogens (primary N) is 1.